The Kier molecular flexibility index (Phi) is 7.58. The minimum Gasteiger partial charge on any atom is -0.481 e. The van der Waals surface area contributed by atoms with E-state index >= 15 is 0 Å². The Morgan fingerprint density at radius 2 is 1.77 bits per heavy atom. The number of carbonyl (C=O) groups excluding carboxylic acids is 2. The quantitative estimate of drug-likeness (QED) is 0.201. The molecule has 0 unspecified atom stereocenters. The van der Waals surface area contributed by atoms with E-state index in [0.717, 1.165) is 15.8 Å². The van der Waals surface area contributed by atoms with Crippen LogP contribution in [-0.4, -0.2) is 42.5 Å². The number of halogens is 1. The topological polar surface area (TPSA) is 130 Å². The lowest BCUT2D eigenvalue weighted by atomic mass is 10.0. The molecule has 0 bridgehead atoms. The van der Waals surface area contributed by atoms with Gasteiger partial charge in [0.15, 0.2) is 11.6 Å². The Bertz CT molecular complexity index is 1670. The Labute approximate surface area is 232 Å². The van der Waals surface area contributed by atoms with Gasteiger partial charge in [0.05, 0.1) is 23.6 Å². The van der Waals surface area contributed by atoms with Gasteiger partial charge in [-0.1, -0.05) is 48.9 Å². The minimum atomic E-state index is -0.981. The molecule has 0 aliphatic rings. The van der Waals surface area contributed by atoms with E-state index in [9.17, 15) is 19.5 Å². The van der Waals surface area contributed by atoms with Gasteiger partial charge in [-0.25, -0.2) is 0 Å². The summed E-state index contributed by atoms with van der Waals surface area (Å²) in [4.78, 5) is 42.0. The molecular formula is C28H24ClN5O4S. The van der Waals surface area contributed by atoms with Crippen LogP contribution in [0.25, 0.3) is 15.9 Å². The number of aryl methyl sites for hydroxylation is 2. The fourth-order valence-electron chi connectivity index (χ4n) is 4.26. The molecule has 3 heterocycles. The predicted octanol–water partition coefficient (Wildman–Crippen LogP) is 5.20. The molecule has 0 fully saturated rings. The number of rotatable bonds is 10. The third-order valence-electron chi connectivity index (χ3n) is 6.22. The van der Waals surface area contributed by atoms with Gasteiger partial charge in [-0.3, -0.25) is 19.0 Å². The van der Waals surface area contributed by atoms with Gasteiger partial charge in [0.25, 0.3) is 5.91 Å². The molecule has 3 N–H and O–H groups in total. The molecule has 11 heteroatoms. The van der Waals surface area contributed by atoms with Crippen LogP contribution in [0.4, 0.5) is 0 Å². The largest absolute Gasteiger partial charge is 0.481 e. The van der Waals surface area contributed by atoms with Crippen LogP contribution in [0.15, 0.2) is 60.7 Å². The van der Waals surface area contributed by atoms with Crippen LogP contribution in [0.1, 0.15) is 56.3 Å². The molecule has 5 aromatic rings. The number of aromatic amines is 1. The zero-order valence-corrected chi connectivity index (χ0v) is 22.5. The monoisotopic (exact) mass is 561 g/mol. The predicted molar refractivity (Wildman–Crippen MR) is 149 cm³/mol. The first-order chi connectivity index (χ1) is 18.9. The number of ketones is 1. The molecule has 0 radical (unpaired) electrons. The summed E-state index contributed by atoms with van der Waals surface area (Å²) >= 11 is 7.74. The molecule has 0 saturated carbocycles. The summed E-state index contributed by atoms with van der Waals surface area (Å²) in [6, 6.07) is 18.0. The molecule has 0 saturated heterocycles. The molecular weight excluding hydrogens is 538 g/mol. The van der Waals surface area contributed by atoms with Gasteiger partial charge in [0.1, 0.15) is 16.5 Å². The number of fused-ring (bicyclic) bond motifs is 1. The molecule has 39 heavy (non-hydrogen) atoms. The Balaban J connectivity index is 1.52. The van der Waals surface area contributed by atoms with Crippen molar-refractivity contribution >= 4 is 51.5 Å². The number of benzene rings is 2. The summed E-state index contributed by atoms with van der Waals surface area (Å²) in [7, 11) is 0. The molecule has 0 atom stereocenters. The minimum absolute atomic E-state index is 0.00729. The number of aliphatic carboxylic acids is 1. The first-order valence-corrected chi connectivity index (χ1v) is 13.5. The van der Waals surface area contributed by atoms with E-state index in [2.05, 4.69) is 20.5 Å². The molecule has 1 amide bonds. The van der Waals surface area contributed by atoms with Crippen molar-refractivity contribution in [3.8, 4) is 5.00 Å². The van der Waals surface area contributed by atoms with Gasteiger partial charge in [-0.15, -0.1) is 21.5 Å². The van der Waals surface area contributed by atoms with Crippen molar-refractivity contribution in [3.63, 3.8) is 0 Å². The first-order valence-electron chi connectivity index (χ1n) is 12.3. The normalized spacial score (nSPS) is 11.1. The number of nitrogens with zero attached hydrogens (tertiary/aromatic N) is 3. The van der Waals surface area contributed by atoms with Gasteiger partial charge in [0.2, 0.25) is 0 Å². The van der Waals surface area contributed by atoms with E-state index in [-0.39, 0.29) is 31.1 Å². The molecule has 198 valence electrons. The number of H-pyrrole nitrogens is 1. The molecule has 5 rings (SSSR count). The lowest BCUT2D eigenvalue weighted by molar-refractivity contribution is -0.137. The van der Waals surface area contributed by atoms with Crippen molar-refractivity contribution in [3.05, 3.63) is 99.0 Å². The van der Waals surface area contributed by atoms with E-state index in [1.165, 1.54) is 11.3 Å². The van der Waals surface area contributed by atoms with Crippen LogP contribution >= 0.6 is 22.9 Å². The number of hydrogen-bond donors (Lipinski definition) is 3. The maximum Gasteiger partial charge on any atom is 0.303 e. The van der Waals surface area contributed by atoms with E-state index in [4.69, 9.17) is 11.6 Å². The van der Waals surface area contributed by atoms with Crippen molar-refractivity contribution in [1.29, 1.82) is 0 Å². The van der Waals surface area contributed by atoms with Crippen LogP contribution < -0.4 is 5.32 Å². The van der Waals surface area contributed by atoms with E-state index in [0.29, 0.717) is 44.9 Å². The molecule has 0 spiro atoms. The van der Waals surface area contributed by atoms with Gasteiger partial charge in [-0.05, 0) is 36.8 Å². The highest BCUT2D eigenvalue weighted by Gasteiger charge is 2.25. The number of carbonyl (C=O) groups is 3. The van der Waals surface area contributed by atoms with Crippen LogP contribution in [0, 0.1) is 0 Å². The molecule has 3 aromatic heterocycles. The van der Waals surface area contributed by atoms with Gasteiger partial charge < -0.3 is 15.4 Å². The lowest BCUT2D eigenvalue weighted by Gasteiger charge is -2.12. The smallest absolute Gasteiger partial charge is 0.303 e. The average Bonchev–Trinajstić information content (AvgIpc) is 3.66. The third kappa shape index (κ3) is 5.47. The highest BCUT2D eigenvalue weighted by molar-refractivity contribution is 7.15. The summed E-state index contributed by atoms with van der Waals surface area (Å²) in [5, 5.41) is 22.5. The lowest BCUT2D eigenvalue weighted by Crippen LogP contribution is -2.25. The highest BCUT2D eigenvalue weighted by atomic mass is 35.5. The number of nitrogens with one attached hydrogen (secondary N) is 2. The maximum atomic E-state index is 13.6. The van der Waals surface area contributed by atoms with Crippen molar-refractivity contribution in [2.24, 2.45) is 0 Å². The molecule has 0 aliphatic heterocycles. The number of para-hydroxylation sites is 1. The summed E-state index contributed by atoms with van der Waals surface area (Å²) in [6.45, 7) is 1.99. The maximum absolute atomic E-state index is 13.6. The second-order valence-electron chi connectivity index (χ2n) is 8.81. The van der Waals surface area contributed by atoms with Crippen LogP contribution in [0.2, 0.25) is 5.02 Å². The van der Waals surface area contributed by atoms with Crippen molar-refractivity contribution in [2.45, 2.75) is 32.7 Å². The number of carboxylic acid groups (broad SMARTS) is 1. The van der Waals surface area contributed by atoms with E-state index in [1.807, 2.05) is 37.3 Å². The molecule has 9 nitrogen and oxygen atoms in total. The SMILES string of the molecule is CCc1cc(C(=O)c2ccccc2Cl)c(-n2c(CCC(=O)O)nnc2CNC(=O)c2cc3ccccc3[nH]2)s1. The number of aromatic nitrogens is 4. The average molecular weight is 562 g/mol. The summed E-state index contributed by atoms with van der Waals surface area (Å²) < 4.78 is 1.68. The van der Waals surface area contributed by atoms with Crippen molar-refractivity contribution < 1.29 is 19.5 Å². The zero-order chi connectivity index (χ0) is 27.5. The fraction of sp³-hybridized carbons (Fsp3) is 0.179. The Hall–Kier alpha value is -4.28. The number of thiophene rings is 1. The second-order valence-corrected chi connectivity index (χ2v) is 10.3. The standard InChI is InChI=1S/C28H24ClN5O4S/c1-2-17-14-19(26(37)18-8-4-5-9-20(18)29)28(39-17)34-23(11-12-25(35)36)32-33-24(34)15-30-27(38)22-13-16-7-3-6-10-21(16)31-22/h3-10,13-14,31H,2,11-12,15H2,1H3,(H,30,38)(H,35,36). The summed E-state index contributed by atoms with van der Waals surface area (Å²) in [5.74, 6) is -0.827. The second kappa shape index (κ2) is 11.2. The van der Waals surface area contributed by atoms with Gasteiger partial charge >= 0.3 is 5.97 Å². The third-order valence-corrected chi connectivity index (χ3v) is 7.81. The summed E-state index contributed by atoms with van der Waals surface area (Å²) in [6.07, 6.45) is 0.614. The zero-order valence-electron chi connectivity index (χ0n) is 20.9. The summed E-state index contributed by atoms with van der Waals surface area (Å²) in [5.41, 5.74) is 2.00. The molecule has 0 aliphatic carbocycles. The highest BCUT2D eigenvalue weighted by Crippen LogP contribution is 2.32. The van der Waals surface area contributed by atoms with Crippen molar-refractivity contribution in [2.75, 3.05) is 0 Å². The molecule has 2 aromatic carbocycles. The van der Waals surface area contributed by atoms with Crippen molar-refractivity contribution in [1.82, 2.24) is 25.1 Å². The van der Waals surface area contributed by atoms with Crippen LogP contribution in [-0.2, 0) is 24.2 Å². The fourth-order valence-corrected chi connectivity index (χ4v) is 5.61. The van der Waals surface area contributed by atoms with E-state index < -0.39 is 5.97 Å². The van der Waals surface area contributed by atoms with Gasteiger partial charge in [0, 0.05) is 27.8 Å². The van der Waals surface area contributed by atoms with Gasteiger partial charge in [-0.2, -0.15) is 0 Å². The number of amides is 1. The van der Waals surface area contributed by atoms with E-state index in [1.54, 1.807) is 34.9 Å². The van der Waals surface area contributed by atoms with Crippen LogP contribution in [0.5, 0.6) is 0 Å². The number of carboxylic acids is 1. The first kappa shape index (κ1) is 26.3. The Morgan fingerprint density at radius 3 is 2.51 bits per heavy atom. The Morgan fingerprint density at radius 1 is 1.03 bits per heavy atom. The van der Waals surface area contributed by atoms with Crippen LogP contribution in [0.3, 0.4) is 0 Å². The number of hydrogen-bond acceptors (Lipinski definition) is 6.